The summed E-state index contributed by atoms with van der Waals surface area (Å²) in [6, 6.07) is 7.81. The fourth-order valence-corrected chi connectivity index (χ4v) is 2.40. The fourth-order valence-electron chi connectivity index (χ4n) is 2.40. The van der Waals surface area contributed by atoms with E-state index in [0.29, 0.717) is 6.54 Å². The van der Waals surface area contributed by atoms with Crippen LogP contribution in [0.2, 0.25) is 0 Å². The van der Waals surface area contributed by atoms with Gasteiger partial charge in [0.05, 0.1) is 12.7 Å². The predicted octanol–water partition coefficient (Wildman–Crippen LogP) is 3.21. The van der Waals surface area contributed by atoms with Crippen molar-refractivity contribution in [3.63, 3.8) is 0 Å². The first-order chi connectivity index (χ1) is 9.57. The lowest BCUT2D eigenvalue weighted by molar-refractivity contribution is 0.0636. The maximum absolute atomic E-state index is 10.2. The minimum absolute atomic E-state index is 0.476. The van der Waals surface area contributed by atoms with E-state index in [1.165, 1.54) is 0 Å². The standard InChI is InChI=1S/C16H22N2O2/c1-4-9-16(2,19)11-18-15-13-6-5-7-14(20-3)12(13)8-10-17-15/h5-8,10,19H,4,9,11H2,1-3H3,(H,17,18). The van der Waals surface area contributed by atoms with Crippen molar-refractivity contribution in [2.75, 3.05) is 19.0 Å². The van der Waals surface area contributed by atoms with Crippen LogP contribution in [0.3, 0.4) is 0 Å². The highest BCUT2D eigenvalue weighted by Gasteiger charge is 2.19. The molecule has 0 aliphatic carbocycles. The number of hydrogen-bond acceptors (Lipinski definition) is 4. The molecule has 0 bridgehead atoms. The van der Waals surface area contributed by atoms with Gasteiger partial charge in [-0.25, -0.2) is 4.98 Å². The molecule has 1 unspecified atom stereocenters. The molecule has 0 amide bonds. The number of methoxy groups -OCH3 is 1. The Hall–Kier alpha value is -1.81. The third-order valence-corrected chi connectivity index (χ3v) is 3.41. The van der Waals surface area contributed by atoms with Crippen LogP contribution in [-0.2, 0) is 0 Å². The van der Waals surface area contributed by atoms with Gasteiger partial charge in [0.15, 0.2) is 0 Å². The highest BCUT2D eigenvalue weighted by atomic mass is 16.5. The summed E-state index contributed by atoms with van der Waals surface area (Å²) in [6.45, 7) is 4.38. The zero-order valence-corrected chi connectivity index (χ0v) is 12.3. The van der Waals surface area contributed by atoms with Crippen molar-refractivity contribution in [1.29, 1.82) is 0 Å². The molecule has 0 spiro atoms. The van der Waals surface area contributed by atoms with Gasteiger partial charge in [0, 0.05) is 23.5 Å². The molecule has 1 aromatic heterocycles. The van der Waals surface area contributed by atoms with Gasteiger partial charge >= 0.3 is 0 Å². The molecule has 0 radical (unpaired) electrons. The predicted molar refractivity (Wildman–Crippen MR) is 82.3 cm³/mol. The molecule has 0 saturated carbocycles. The first-order valence-electron chi connectivity index (χ1n) is 6.95. The molecule has 0 saturated heterocycles. The molecule has 1 heterocycles. The molecule has 0 aliphatic rings. The molecule has 0 fully saturated rings. The summed E-state index contributed by atoms with van der Waals surface area (Å²) in [5.74, 6) is 1.60. The molecule has 1 atom stereocenters. The van der Waals surface area contributed by atoms with Crippen molar-refractivity contribution in [3.8, 4) is 5.75 Å². The normalized spacial score (nSPS) is 14.0. The lowest BCUT2D eigenvalue weighted by atomic mass is 10.0. The van der Waals surface area contributed by atoms with Gasteiger partial charge in [0.25, 0.3) is 0 Å². The Morgan fingerprint density at radius 2 is 2.10 bits per heavy atom. The first kappa shape index (κ1) is 14.6. The summed E-state index contributed by atoms with van der Waals surface area (Å²) in [5, 5.41) is 15.5. The number of fused-ring (bicyclic) bond motifs is 1. The molecule has 108 valence electrons. The Kier molecular flexibility index (Phi) is 4.45. The lowest BCUT2D eigenvalue weighted by Crippen LogP contribution is -2.33. The van der Waals surface area contributed by atoms with Crippen LogP contribution < -0.4 is 10.1 Å². The zero-order valence-electron chi connectivity index (χ0n) is 12.3. The highest BCUT2D eigenvalue weighted by Crippen LogP contribution is 2.29. The molecule has 2 rings (SSSR count). The van der Waals surface area contributed by atoms with Crippen molar-refractivity contribution < 1.29 is 9.84 Å². The van der Waals surface area contributed by atoms with Crippen LogP contribution in [0.15, 0.2) is 30.5 Å². The number of nitrogens with one attached hydrogen (secondary N) is 1. The summed E-state index contributed by atoms with van der Waals surface area (Å²) in [4.78, 5) is 4.37. The summed E-state index contributed by atoms with van der Waals surface area (Å²) in [6.07, 6.45) is 3.46. The Labute approximate surface area is 119 Å². The van der Waals surface area contributed by atoms with Gasteiger partial charge in [-0.15, -0.1) is 0 Å². The minimum Gasteiger partial charge on any atom is -0.496 e. The van der Waals surface area contributed by atoms with Crippen LogP contribution >= 0.6 is 0 Å². The summed E-state index contributed by atoms with van der Waals surface area (Å²) >= 11 is 0. The van der Waals surface area contributed by atoms with Crippen LogP contribution in [0.5, 0.6) is 5.75 Å². The van der Waals surface area contributed by atoms with Crippen molar-refractivity contribution in [2.24, 2.45) is 0 Å². The summed E-state index contributed by atoms with van der Waals surface area (Å²) in [7, 11) is 1.66. The van der Waals surface area contributed by atoms with Crippen LogP contribution in [-0.4, -0.2) is 29.3 Å². The molecule has 0 aliphatic heterocycles. The molecular weight excluding hydrogens is 252 g/mol. The van der Waals surface area contributed by atoms with E-state index in [4.69, 9.17) is 4.74 Å². The van der Waals surface area contributed by atoms with E-state index in [9.17, 15) is 5.11 Å². The van der Waals surface area contributed by atoms with E-state index < -0.39 is 5.60 Å². The Morgan fingerprint density at radius 1 is 1.30 bits per heavy atom. The monoisotopic (exact) mass is 274 g/mol. The molecule has 1 aromatic carbocycles. The molecule has 2 N–H and O–H groups in total. The van der Waals surface area contributed by atoms with E-state index >= 15 is 0 Å². The average molecular weight is 274 g/mol. The number of pyridine rings is 1. The van der Waals surface area contributed by atoms with E-state index in [2.05, 4.69) is 17.2 Å². The van der Waals surface area contributed by atoms with Crippen molar-refractivity contribution >= 4 is 16.6 Å². The average Bonchev–Trinajstić information content (AvgIpc) is 2.44. The van der Waals surface area contributed by atoms with E-state index in [1.807, 2.05) is 31.2 Å². The minimum atomic E-state index is -0.725. The largest absolute Gasteiger partial charge is 0.496 e. The number of nitrogens with zero attached hydrogens (tertiary/aromatic N) is 1. The summed E-state index contributed by atoms with van der Waals surface area (Å²) in [5.41, 5.74) is -0.725. The molecule has 4 nitrogen and oxygen atoms in total. The van der Waals surface area contributed by atoms with Gasteiger partial charge in [-0.05, 0) is 25.5 Å². The molecule has 20 heavy (non-hydrogen) atoms. The second-order valence-corrected chi connectivity index (χ2v) is 5.32. The van der Waals surface area contributed by atoms with Crippen molar-refractivity contribution in [2.45, 2.75) is 32.3 Å². The Bertz CT molecular complexity index is 582. The van der Waals surface area contributed by atoms with Gasteiger partial charge in [-0.1, -0.05) is 25.5 Å². The number of ether oxygens (including phenoxy) is 1. The third kappa shape index (κ3) is 3.20. The molecule has 4 heteroatoms. The highest BCUT2D eigenvalue weighted by molar-refractivity contribution is 5.95. The number of anilines is 1. The number of benzene rings is 1. The lowest BCUT2D eigenvalue weighted by Gasteiger charge is -2.23. The van der Waals surface area contributed by atoms with Gasteiger partial charge in [-0.2, -0.15) is 0 Å². The topological polar surface area (TPSA) is 54.4 Å². The van der Waals surface area contributed by atoms with Gasteiger partial charge in [0.1, 0.15) is 11.6 Å². The van der Waals surface area contributed by atoms with Crippen LogP contribution in [0, 0.1) is 0 Å². The number of aromatic nitrogens is 1. The number of aliphatic hydroxyl groups is 1. The van der Waals surface area contributed by atoms with E-state index in [-0.39, 0.29) is 0 Å². The van der Waals surface area contributed by atoms with E-state index in [0.717, 1.165) is 35.2 Å². The zero-order chi connectivity index (χ0) is 14.6. The molecular formula is C16H22N2O2. The number of rotatable bonds is 6. The quantitative estimate of drug-likeness (QED) is 0.849. The van der Waals surface area contributed by atoms with Crippen LogP contribution in [0.4, 0.5) is 5.82 Å². The van der Waals surface area contributed by atoms with Gasteiger partial charge in [0.2, 0.25) is 0 Å². The van der Waals surface area contributed by atoms with Crippen LogP contribution in [0.1, 0.15) is 26.7 Å². The SMILES string of the molecule is CCCC(C)(O)CNc1nccc2c(OC)cccc12. The third-order valence-electron chi connectivity index (χ3n) is 3.41. The van der Waals surface area contributed by atoms with Crippen molar-refractivity contribution in [3.05, 3.63) is 30.5 Å². The van der Waals surface area contributed by atoms with Crippen LogP contribution in [0.25, 0.3) is 10.8 Å². The van der Waals surface area contributed by atoms with Gasteiger partial charge in [-0.3, -0.25) is 0 Å². The summed E-state index contributed by atoms with van der Waals surface area (Å²) < 4.78 is 5.36. The smallest absolute Gasteiger partial charge is 0.134 e. The second-order valence-electron chi connectivity index (χ2n) is 5.32. The number of hydrogen-bond donors (Lipinski definition) is 2. The van der Waals surface area contributed by atoms with E-state index in [1.54, 1.807) is 13.3 Å². The maximum atomic E-state index is 10.2. The Morgan fingerprint density at radius 3 is 2.80 bits per heavy atom. The maximum Gasteiger partial charge on any atom is 0.134 e. The first-order valence-corrected chi connectivity index (χ1v) is 6.95. The Balaban J connectivity index is 2.27. The van der Waals surface area contributed by atoms with Crippen molar-refractivity contribution in [1.82, 2.24) is 4.98 Å². The fraction of sp³-hybridized carbons (Fsp3) is 0.438. The second kappa shape index (κ2) is 6.09. The van der Waals surface area contributed by atoms with Gasteiger partial charge < -0.3 is 15.2 Å². The molecule has 2 aromatic rings.